The van der Waals surface area contributed by atoms with Crippen molar-refractivity contribution in [2.45, 2.75) is 12.6 Å². The number of ether oxygens (including phenoxy) is 1. The summed E-state index contributed by atoms with van der Waals surface area (Å²) in [7, 11) is -1.22. The van der Waals surface area contributed by atoms with E-state index in [0.717, 1.165) is 9.87 Å². The predicted molar refractivity (Wildman–Crippen MR) is 73.3 cm³/mol. The SMILES string of the molecule is COCC(NS(=O)(=O)N(C)Cc1ccccc1)C(=O)O. The topological polar surface area (TPSA) is 95.9 Å². The Morgan fingerprint density at radius 1 is 1.40 bits per heavy atom. The van der Waals surface area contributed by atoms with E-state index in [4.69, 9.17) is 5.11 Å². The van der Waals surface area contributed by atoms with Gasteiger partial charge < -0.3 is 9.84 Å². The van der Waals surface area contributed by atoms with Crippen molar-refractivity contribution in [3.8, 4) is 0 Å². The summed E-state index contributed by atoms with van der Waals surface area (Å²) in [5, 5.41) is 8.91. The molecule has 0 heterocycles. The van der Waals surface area contributed by atoms with Crippen LogP contribution in [0.3, 0.4) is 0 Å². The van der Waals surface area contributed by atoms with Gasteiger partial charge in [0.1, 0.15) is 6.04 Å². The summed E-state index contributed by atoms with van der Waals surface area (Å²) in [6.45, 7) is -0.0940. The highest BCUT2D eigenvalue weighted by molar-refractivity contribution is 7.87. The molecule has 1 unspecified atom stereocenters. The minimum atomic E-state index is -3.90. The molecule has 112 valence electrons. The molecule has 1 aromatic rings. The number of carboxylic acid groups (broad SMARTS) is 1. The van der Waals surface area contributed by atoms with Crippen molar-refractivity contribution in [3.05, 3.63) is 35.9 Å². The zero-order valence-electron chi connectivity index (χ0n) is 11.3. The van der Waals surface area contributed by atoms with Gasteiger partial charge in [0.2, 0.25) is 0 Å². The average Bonchev–Trinajstić information content (AvgIpc) is 2.39. The largest absolute Gasteiger partial charge is 0.480 e. The van der Waals surface area contributed by atoms with Crippen molar-refractivity contribution in [2.75, 3.05) is 20.8 Å². The van der Waals surface area contributed by atoms with Gasteiger partial charge in [-0.15, -0.1) is 0 Å². The van der Waals surface area contributed by atoms with Crippen molar-refractivity contribution in [2.24, 2.45) is 0 Å². The van der Waals surface area contributed by atoms with E-state index in [0.29, 0.717) is 0 Å². The monoisotopic (exact) mass is 302 g/mol. The second-order valence-electron chi connectivity index (χ2n) is 4.21. The van der Waals surface area contributed by atoms with E-state index in [-0.39, 0.29) is 13.2 Å². The van der Waals surface area contributed by atoms with Gasteiger partial charge >= 0.3 is 5.97 Å². The number of aliphatic carboxylic acids is 1. The van der Waals surface area contributed by atoms with E-state index in [9.17, 15) is 13.2 Å². The standard InChI is InChI=1S/C12H18N2O5S/c1-14(8-10-6-4-3-5-7-10)20(17,18)13-11(9-19-2)12(15)16/h3-7,11,13H,8-9H2,1-2H3,(H,15,16). The Morgan fingerprint density at radius 3 is 2.50 bits per heavy atom. The molecule has 0 aromatic heterocycles. The van der Waals surface area contributed by atoms with Gasteiger partial charge in [0.15, 0.2) is 0 Å². The molecule has 0 aliphatic rings. The van der Waals surface area contributed by atoms with E-state index in [1.807, 2.05) is 6.07 Å². The molecule has 2 N–H and O–H groups in total. The van der Waals surface area contributed by atoms with Crippen LogP contribution in [0.2, 0.25) is 0 Å². The molecule has 0 bridgehead atoms. The molecule has 0 fully saturated rings. The Bertz CT molecular complexity index is 532. The molecule has 8 heteroatoms. The normalized spacial score (nSPS) is 13.3. The lowest BCUT2D eigenvalue weighted by Crippen LogP contribution is -2.48. The van der Waals surface area contributed by atoms with Crippen molar-refractivity contribution < 1.29 is 23.1 Å². The summed E-state index contributed by atoms with van der Waals surface area (Å²) in [6.07, 6.45) is 0. The highest BCUT2D eigenvalue weighted by Gasteiger charge is 2.26. The first-order chi connectivity index (χ1) is 9.36. The number of nitrogens with one attached hydrogen (secondary N) is 1. The number of methoxy groups -OCH3 is 1. The van der Waals surface area contributed by atoms with Crippen LogP contribution >= 0.6 is 0 Å². The Balaban J connectivity index is 2.74. The third-order valence-electron chi connectivity index (χ3n) is 2.58. The average molecular weight is 302 g/mol. The first kappa shape index (κ1) is 16.6. The first-order valence-corrected chi connectivity index (χ1v) is 7.30. The summed E-state index contributed by atoms with van der Waals surface area (Å²) in [6, 6.07) is 7.69. The van der Waals surface area contributed by atoms with Crippen LogP contribution in [-0.2, 0) is 26.3 Å². The fraction of sp³-hybridized carbons (Fsp3) is 0.417. The van der Waals surface area contributed by atoms with E-state index in [1.54, 1.807) is 24.3 Å². The van der Waals surface area contributed by atoms with Crippen molar-refractivity contribution in [1.82, 2.24) is 9.03 Å². The van der Waals surface area contributed by atoms with Gasteiger partial charge in [-0.1, -0.05) is 30.3 Å². The number of hydrogen-bond donors (Lipinski definition) is 2. The highest BCUT2D eigenvalue weighted by Crippen LogP contribution is 2.06. The summed E-state index contributed by atoms with van der Waals surface area (Å²) in [5.41, 5.74) is 0.805. The van der Waals surface area contributed by atoms with Crippen LogP contribution in [0, 0.1) is 0 Å². The number of carbonyl (C=O) groups is 1. The molecule has 1 aromatic carbocycles. The second-order valence-corrected chi connectivity index (χ2v) is 6.02. The Labute approximate surface area is 118 Å². The minimum absolute atomic E-state index is 0.148. The molecular weight excluding hydrogens is 284 g/mol. The lowest BCUT2D eigenvalue weighted by Gasteiger charge is -2.20. The van der Waals surface area contributed by atoms with Gasteiger partial charge in [0, 0.05) is 20.7 Å². The van der Waals surface area contributed by atoms with E-state index in [2.05, 4.69) is 9.46 Å². The van der Waals surface area contributed by atoms with Crippen LogP contribution in [0.4, 0.5) is 0 Å². The minimum Gasteiger partial charge on any atom is -0.480 e. The smallest absolute Gasteiger partial charge is 0.324 e. The Hall–Kier alpha value is -1.48. The maximum Gasteiger partial charge on any atom is 0.324 e. The number of carboxylic acids is 1. The van der Waals surface area contributed by atoms with Gasteiger partial charge in [-0.05, 0) is 5.56 Å². The molecule has 0 aliphatic heterocycles. The zero-order chi connectivity index (χ0) is 15.2. The summed E-state index contributed by atoms with van der Waals surface area (Å²) < 4.78 is 31.9. The molecule has 1 atom stereocenters. The third-order valence-corrected chi connectivity index (χ3v) is 4.11. The van der Waals surface area contributed by atoms with Gasteiger partial charge in [-0.3, -0.25) is 4.79 Å². The Kier molecular flexibility index (Phi) is 6.08. The van der Waals surface area contributed by atoms with Crippen molar-refractivity contribution in [1.29, 1.82) is 0 Å². The maximum atomic E-state index is 12.0. The van der Waals surface area contributed by atoms with E-state index >= 15 is 0 Å². The van der Waals surface area contributed by atoms with Crippen LogP contribution in [-0.4, -0.2) is 50.6 Å². The molecular formula is C12H18N2O5S. The van der Waals surface area contributed by atoms with Gasteiger partial charge in [0.05, 0.1) is 6.61 Å². The molecule has 20 heavy (non-hydrogen) atoms. The van der Waals surface area contributed by atoms with Gasteiger partial charge in [-0.25, -0.2) is 0 Å². The fourth-order valence-electron chi connectivity index (χ4n) is 1.52. The first-order valence-electron chi connectivity index (χ1n) is 5.86. The number of nitrogens with zero attached hydrogens (tertiary/aromatic N) is 1. The molecule has 0 spiro atoms. The molecule has 0 saturated heterocycles. The third kappa shape index (κ3) is 4.89. The zero-order valence-corrected chi connectivity index (χ0v) is 12.1. The molecule has 0 saturated carbocycles. The van der Waals surface area contributed by atoms with Crippen LogP contribution < -0.4 is 4.72 Å². The summed E-state index contributed by atoms with van der Waals surface area (Å²) in [5.74, 6) is -1.29. The Morgan fingerprint density at radius 2 is 2.00 bits per heavy atom. The number of rotatable bonds is 8. The molecule has 1 rings (SSSR count). The maximum absolute atomic E-state index is 12.0. The highest BCUT2D eigenvalue weighted by atomic mass is 32.2. The van der Waals surface area contributed by atoms with Crippen LogP contribution in [0.25, 0.3) is 0 Å². The van der Waals surface area contributed by atoms with E-state index in [1.165, 1.54) is 14.2 Å². The van der Waals surface area contributed by atoms with Crippen LogP contribution in [0.1, 0.15) is 5.56 Å². The summed E-state index contributed by atoms with van der Waals surface area (Å²) >= 11 is 0. The summed E-state index contributed by atoms with van der Waals surface area (Å²) in [4.78, 5) is 10.9. The molecule has 7 nitrogen and oxygen atoms in total. The van der Waals surface area contributed by atoms with Crippen LogP contribution in [0.5, 0.6) is 0 Å². The lowest BCUT2D eigenvalue weighted by atomic mass is 10.2. The van der Waals surface area contributed by atoms with Gasteiger partial charge in [-0.2, -0.15) is 17.4 Å². The fourth-order valence-corrected chi connectivity index (χ4v) is 2.55. The van der Waals surface area contributed by atoms with E-state index < -0.39 is 22.2 Å². The lowest BCUT2D eigenvalue weighted by molar-refractivity contribution is -0.140. The van der Waals surface area contributed by atoms with Crippen molar-refractivity contribution >= 4 is 16.2 Å². The van der Waals surface area contributed by atoms with Gasteiger partial charge in [0.25, 0.3) is 10.2 Å². The predicted octanol–water partition coefficient (Wildman–Crippen LogP) is 0.0524. The van der Waals surface area contributed by atoms with Crippen LogP contribution in [0.15, 0.2) is 30.3 Å². The molecule has 0 aliphatic carbocycles. The van der Waals surface area contributed by atoms with Crippen molar-refractivity contribution in [3.63, 3.8) is 0 Å². The second kappa shape index (κ2) is 7.34. The number of hydrogen-bond acceptors (Lipinski definition) is 4. The number of benzene rings is 1. The molecule has 0 radical (unpaired) electrons. The quantitative estimate of drug-likeness (QED) is 0.707. The molecule has 0 amide bonds.